The van der Waals surface area contributed by atoms with Gasteiger partial charge in [-0.05, 0) is 35.9 Å². The number of alkyl halides is 2. The number of hydrogen-bond donors (Lipinski definition) is 1. The van der Waals surface area contributed by atoms with Crippen LogP contribution >= 0.6 is 11.6 Å². The summed E-state index contributed by atoms with van der Waals surface area (Å²) in [5.41, 5.74) is 0.725. The Kier molecular flexibility index (Phi) is 5.92. The monoisotopic (exact) mass is 359 g/mol. The normalized spacial score (nSPS) is 10.6. The lowest BCUT2D eigenvalue weighted by molar-refractivity contribution is -0.0512. The highest BCUT2D eigenvalue weighted by Gasteiger charge is 2.13. The van der Waals surface area contributed by atoms with Gasteiger partial charge in [0.15, 0.2) is 11.5 Å². The van der Waals surface area contributed by atoms with Gasteiger partial charge in [0, 0.05) is 6.54 Å². The van der Waals surface area contributed by atoms with Crippen molar-refractivity contribution in [2.24, 2.45) is 0 Å². The molecule has 128 valence electrons. The third-order valence-corrected chi connectivity index (χ3v) is 3.39. The van der Waals surface area contributed by atoms with Gasteiger partial charge in [-0.2, -0.15) is 8.78 Å². The number of amides is 1. The number of nitrogens with one attached hydrogen (secondary N) is 1. The average Bonchev–Trinajstić information content (AvgIpc) is 2.53. The lowest BCUT2D eigenvalue weighted by Crippen LogP contribution is -2.23. The molecule has 2 rings (SSSR count). The molecule has 0 bridgehead atoms. The molecule has 0 aliphatic rings. The third kappa shape index (κ3) is 4.55. The zero-order valence-corrected chi connectivity index (χ0v) is 13.2. The van der Waals surface area contributed by atoms with Crippen LogP contribution in [0.25, 0.3) is 0 Å². The molecule has 0 aliphatic carbocycles. The molecule has 2 aromatic rings. The van der Waals surface area contributed by atoms with E-state index in [0.717, 1.165) is 12.1 Å². The molecule has 1 N–H and O–H groups in total. The minimum Gasteiger partial charge on any atom is -0.493 e. The van der Waals surface area contributed by atoms with Crippen LogP contribution in [0, 0.1) is 5.82 Å². The minimum atomic E-state index is -2.97. The summed E-state index contributed by atoms with van der Waals surface area (Å²) in [5, 5.41) is 2.59. The lowest BCUT2D eigenvalue weighted by atomic mass is 10.1. The van der Waals surface area contributed by atoms with Crippen molar-refractivity contribution in [3.05, 3.63) is 58.4 Å². The van der Waals surface area contributed by atoms with Crippen LogP contribution in [0.15, 0.2) is 36.4 Å². The molecule has 0 saturated carbocycles. The molecule has 2 aromatic carbocycles. The van der Waals surface area contributed by atoms with Gasteiger partial charge in [0.1, 0.15) is 5.82 Å². The van der Waals surface area contributed by atoms with Gasteiger partial charge < -0.3 is 14.8 Å². The molecule has 0 spiro atoms. The fourth-order valence-corrected chi connectivity index (χ4v) is 2.22. The molecule has 0 heterocycles. The van der Waals surface area contributed by atoms with E-state index in [-0.39, 0.29) is 28.6 Å². The second-order valence-electron chi connectivity index (χ2n) is 4.67. The zero-order chi connectivity index (χ0) is 17.7. The molecule has 0 unspecified atom stereocenters. The van der Waals surface area contributed by atoms with Crippen molar-refractivity contribution in [2.45, 2.75) is 13.2 Å². The second kappa shape index (κ2) is 7.92. The minimum absolute atomic E-state index is 0.00855. The molecule has 1 amide bonds. The van der Waals surface area contributed by atoms with E-state index in [4.69, 9.17) is 16.3 Å². The predicted octanol–water partition coefficient (Wildman–Crippen LogP) is 4.02. The molecule has 0 saturated heterocycles. The SMILES string of the molecule is COc1cc(CNC(=O)c2ccc(F)cc2Cl)ccc1OC(F)F. The highest BCUT2D eigenvalue weighted by molar-refractivity contribution is 6.33. The first-order valence-corrected chi connectivity index (χ1v) is 7.13. The summed E-state index contributed by atoms with van der Waals surface area (Å²) in [6.07, 6.45) is 0. The summed E-state index contributed by atoms with van der Waals surface area (Å²) < 4.78 is 46.8. The summed E-state index contributed by atoms with van der Waals surface area (Å²) in [7, 11) is 1.31. The average molecular weight is 360 g/mol. The third-order valence-electron chi connectivity index (χ3n) is 3.07. The van der Waals surface area contributed by atoms with Crippen LogP contribution in [0.1, 0.15) is 15.9 Å². The Labute approximate surface area is 141 Å². The first-order valence-electron chi connectivity index (χ1n) is 6.75. The van der Waals surface area contributed by atoms with Crippen LogP contribution in [-0.4, -0.2) is 19.6 Å². The number of rotatable bonds is 6. The zero-order valence-electron chi connectivity index (χ0n) is 12.5. The van der Waals surface area contributed by atoms with E-state index in [0.29, 0.717) is 5.56 Å². The smallest absolute Gasteiger partial charge is 0.387 e. The van der Waals surface area contributed by atoms with Gasteiger partial charge >= 0.3 is 6.61 Å². The summed E-state index contributed by atoms with van der Waals surface area (Å²) in [6.45, 7) is -2.87. The summed E-state index contributed by atoms with van der Waals surface area (Å²) in [6, 6.07) is 7.72. The second-order valence-corrected chi connectivity index (χ2v) is 5.08. The Morgan fingerprint density at radius 1 is 1.21 bits per heavy atom. The number of methoxy groups -OCH3 is 1. The molecular formula is C16H13ClF3NO3. The summed E-state index contributed by atoms with van der Waals surface area (Å²) in [4.78, 5) is 12.0. The van der Waals surface area contributed by atoms with Gasteiger partial charge in [0.05, 0.1) is 17.7 Å². The maximum atomic E-state index is 13.0. The Bertz CT molecular complexity index is 741. The number of carbonyl (C=O) groups is 1. The van der Waals surface area contributed by atoms with Gasteiger partial charge in [0.25, 0.3) is 5.91 Å². The van der Waals surface area contributed by atoms with Crippen LogP contribution < -0.4 is 14.8 Å². The van der Waals surface area contributed by atoms with Crippen LogP contribution in [-0.2, 0) is 6.54 Å². The largest absolute Gasteiger partial charge is 0.493 e. The molecule has 0 aromatic heterocycles. The maximum absolute atomic E-state index is 13.0. The van der Waals surface area contributed by atoms with E-state index in [2.05, 4.69) is 10.1 Å². The Balaban J connectivity index is 2.07. The molecule has 0 radical (unpaired) electrons. The fraction of sp³-hybridized carbons (Fsp3) is 0.188. The van der Waals surface area contributed by atoms with Crippen LogP contribution in [0.3, 0.4) is 0 Å². The van der Waals surface area contributed by atoms with Gasteiger partial charge in [-0.3, -0.25) is 4.79 Å². The van der Waals surface area contributed by atoms with E-state index in [1.807, 2.05) is 0 Å². The molecule has 0 fully saturated rings. The van der Waals surface area contributed by atoms with Crippen LogP contribution in [0.2, 0.25) is 5.02 Å². The Morgan fingerprint density at radius 2 is 1.96 bits per heavy atom. The molecular weight excluding hydrogens is 347 g/mol. The fourth-order valence-electron chi connectivity index (χ4n) is 1.97. The highest BCUT2D eigenvalue weighted by atomic mass is 35.5. The standard InChI is InChI=1S/C16H13ClF3NO3/c1-23-14-6-9(2-5-13(14)24-16(19)20)8-21-15(22)11-4-3-10(18)7-12(11)17/h2-7,16H,8H2,1H3,(H,21,22). The molecule has 24 heavy (non-hydrogen) atoms. The van der Waals surface area contributed by atoms with Crippen molar-refractivity contribution in [3.8, 4) is 11.5 Å². The van der Waals surface area contributed by atoms with Crippen molar-refractivity contribution >= 4 is 17.5 Å². The highest BCUT2D eigenvalue weighted by Crippen LogP contribution is 2.29. The van der Waals surface area contributed by atoms with Crippen molar-refractivity contribution in [2.75, 3.05) is 7.11 Å². The molecule has 0 atom stereocenters. The van der Waals surface area contributed by atoms with Crippen molar-refractivity contribution in [1.29, 1.82) is 0 Å². The van der Waals surface area contributed by atoms with Gasteiger partial charge in [-0.1, -0.05) is 17.7 Å². The van der Waals surface area contributed by atoms with E-state index in [9.17, 15) is 18.0 Å². The molecule has 4 nitrogen and oxygen atoms in total. The van der Waals surface area contributed by atoms with E-state index >= 15 is 0 Å². The summed E-state index contributed by atoms with van der Waals surface area (Å²) in [5.74, 6) is -1.03. The number of benzene rings is 2. The Hall–Kier alpha value is -2.41. The van der Waals surface area contributed by atoms with Crippen LogP contribution in [0.5, 0.6) is 11.5 Å². The van der Waals surface area contributed by atoms with Gasteiger partial charge in [-0.25, -0.2) is 4.39 Å². The quantitative estimate of drug-likeness (QED) is 0.847. The first-order chi connectivity index (χ1) is 11.4. The number of ether oxygens (including phenoxy) is 2. The van der Waals surface area contributed by atoms with E-state index in [1.54, 1.807) is 0 Å². The number of carbonyl (C=O) groups excluding carboxylic acids is 1. The topological polar surface area (TPSA) is 47.6 Å². The van der Waals surface area contributed by atoms with Crippen LogP contribution in [0.4, 0.5) is 13.2 Å². The lowest BCUT2D eigenvalue weighted by Gasteiger charge is -2.12. The van der Waals surface area contributed by atoms with E-state index in [1.165, 1.54) is 31.4 Å². The van der Waals surface area contributed by atoms with Crippen molar-refractivity contribution < 1.29 is 27.4 Å². The van der Waals surface area contributed by atoms with E-state index < -0.39 is 18.3 Å². The number of hydrogen-bond acceptors (Lipinski definition) is 3. The Morgan fingerprint density at radius 3 is 2.58 bits per heavy atom. The summed E-state index contributed by atoms with van der Waals surface area (Å²) >= 11 is 5.81. The molecule has 8 heteroatoms. The van der Waals surface area contributed by atoms with Crippen molar-refractivity contribution in [1.82, 2.24) is 5.32 Å². The van der Waals surface area contributed by atoms with Gasteiger partial charge in [-0.15, -0.1) is 0 Å². The predicted molar refractivity (Wildman–Crippen MR) is 82.2 cm³/mol. The van der Waals surface area contributed by atoms with Gasteiger partial charge in [0.2, 0.25) is 0 Å². The number of halogens is 4. The maximum Gasteiger partial charge on any atom is 0.387 e. The van der Waals surface area contributed by atoms with Crippen molar-refractivity contribution in [3.63, 3.8) is 0 Å². The first kappa shape index (κ1) is 17.9. The molecule has 0 aliphatic heterocycles.